The van der Waals surface area contributed by atoms with E-state index in [2.05, 4.69) is 95.6 Å². The van der Waals surface area contributed by atoms with Crippen LogP contribution in [0, 0.1) is 0 Å². The molecule has 1 fully saturated rings. The molecule has 1 saturated heterocycles. The van der Waals surface area contributed by atoms with Crippen LogP contribution in [0.4, 0.5) is 0 Å². The Labute approximate surface area is 214 Å². The second-order valence-corrected chi connectivity index (χ2v) is 10.3. The second-order valence-electron chi connectivity index (χ2n) is 9.54. The minimum atomic E-state index is 0.470. The van der Waals surface area contributed by atoms with Gasteiger partial charge in [-0.25, -0.2) is 4.98 Å². The van der Waals surface area contributed by atoms with Crippen molar-refractivity contribution in [3.63, 3.8) is 0 Å². The zero-order valence-corrected chi connectivity index (χ0v) is 22.2. The zero-order chi connectivity index (χ0) is 24.2. The molecule has 0 radical (unpaired) electrons. The standard InChI is InChI=1S/C31H37N3S/c1-4-23-15-12-16-24(5-2)29(23)31-32-30(26-18-20-35-22-26)28(34(31)6-3)21-33-19-11-10-17-27(33)25-13-8-7-9-14-25/h7-9,12-16,18,20,22,27H,4-6,10-11,17,19,21H2,1-3H3. The zero-order valence-electron chi connectivity index (χ0n) is 21.3. The van der Waals surface area contributed by atoms with Gasteiger partial charge in [-0.15, -0.1) is 0 Å². The lowest BCUT2D eigenvalue weighted by atomic mass is 9.95. The molecule has 0 aliphatic carbocycles. The third-order valence-electron chi connectivity index (χ3n) is 7.56. The predicted octanol–water partition coefficient (Wildman–Crippen LogP) is 8.15. The van der Waals surface area contributed by atoms with Crippen LogP contribution < -0.4 is 0 Å². The van der Waals surface area contributed by atoms with Crippen molar-refractivity contribution in [3.05, 3.63) is 87.7 Å². The van der Waals surface area contributed by atoms with Crippen molar-refractivity contribution in [2.24, 2.45) is 0 Å². The Hall–Kier alpha value is -2.69. The van der Waals surface area contributed by atoms with Gasteiger partial charge in [0.2, 0.25) is 0 Å². The maximum Gasteiger partial charge on any atom is 0.141 e. The van der Waals surface area contributed by atoms with E-state index in [9.17, 15) is 0 Å². The molecule has 2 aromatic heterocycles. The molecule has 35 heavy (non-hydrogen) atoms. The predicted molar refractivity (Wildman–Crippen MR) is 149 cm³/mol. The first-order valence-electron chi connectivity index (χ1n) is 13.3. The molecular formula is C31H37N3S. The van der Waals surface area contributed by atoms with Gasteiger partial charge in [0, 0.05) is 35.6 Å². The lowest BCUT2D eigenvalue weighted by Gasteiger charge is -2.36. The summed E-state index contributed by atoms with van der Waals surface area (Å²) in [5.41, 5.74) is 9.35. The number of aromatic nitrogens is 2. The summed E-state index contributed by atoms with van der Waals surface area (Å²) < 4.78 is 2.51. The lowest BCUT2D eigenvalue weighted by molar-refractivity contribution is 0.137. The first-order valence-corrected chi connectivity index (χ1v) is 14.2. The first kappa shape index (κ1) is 24.0. The average Bonchev–Trinajstić information content (AvgIpc) is 3.57. The van der Waals surface area contributed by atoms with Gasteiger partial charge in [0.1, 0.15) is 5.82 Å². The quantitative estimate of drug-likeness (QED) is 0.252. The molecule has 3 heterocycles. The third-order valence-corrected chi connectivity index (χ3v) is 8.24. The van der Waals surface area contributed by atoms with E-state index in [1.165, 1.54) is 52.8 Å². The molecule has 0 amide bonds. The average molecular weight is 484 g/mol. The van der Waals surface area contributed by atoms with Crippen molar-refractivity contribution in [2.45, 2.75) is 72.0 Å². The van der Waals surface area contributed by atoms with Gasteiger partial charge in [-0.3, -0.25) is 4.90 Å². The Morgan fingerprint density at radius 1 is 0.914 bits per heavy atom. The lowest BCUT2D eigenvalue weighted by Crippen LogP contribution is -2.33. The normalized spacial score (nSPS) is 16.6. The molecular weight excluding hydrogens is 446 g/mol. The maximum atomic E-state index is 5.42. The number of benzene rings is 2. The minimum absolute atomic E-state index is 0.470. The largest absolute Gasteiger partial charge is 0.327 e. The summed E-state index contributed by atoms with van der Waals surface area (Å²) in [4.78, 5) is 8.12. The van der Waals surface area contributed by atoms with Gasteiger partial charge in [-0.1, -0.05) is 68.8 Å². The molecule has 1 aliphatic rings. The van der Waals surface area contributed by atoms with Crippen LogP contribution in [-0.2, 0) is 25.9 Å². The van der Waals surface area contributed by atoms with E-state index >= 15 is 0 Å². The van der Waals surface area contributed by atoms with E-state index in [0.717, 1.165) is 44.0 Å². The Kier molecular flexibility index (Phi) is 7.50. The molecule has 1 atom stereocenters. The fourth-order valence-electron chi connectivity index (χ4n) is 5.76. The summed E-state index contributed by atoms with van der Waals surface area (Å²) in [6.45, 7) is 9.79. The number of aryl methyl sites for hydroxylation is 2. The fourth-order valence-corrected chi connectivity index (χ4v) is 6.40. The number of thiophene rings is 1. The molecule has 0 N–H and O–H groups in total. The van der Waals surface area contributed by atoms with E-state index < -0.39 is 0 Å². The molecule has 4 aromatic rings. The second kappa shape index (κ2) is 10.9. The number of nitrogens with zero attached hydrogens (tertiary/aromatic N) is 3. The van der Waals surface area contributed by atoms with Gasteiger partial charge < -0.3 is 4.57 Å². The molecule has 182 valence electrons. The molecule has 0 bridgehead atoms. The first-order chi connectivity index (χ1) is 17.2. The van der Waals surface area contributed by atoms with Gasteiger partial charge in [0.05, 0.1) is 11.4 Å². The van der Waals surface area contributed by atoms with Crippen molar-refractivity contribution >= 4 is 11.3 Å². The fraction of sp³-hybridized carbons (Fsp3) is 0.387. The SMILES string of the molecule is CCc1cccc(CC)c1-c1nc(-c2ccsc2)c(CN2CCCCC2c2ccccc2)n1CC. The van der Waals surface area contributed by atoms with Crippen LogP contribution in [0.2, 0.25) is 0 Å². The van der Waals surface area contributed by atoms with Crippen molar-refractivity contribution in [1.82, 2.24) is 14.5 Å². The summed E-state index contributed by atoms with van der Waals surface area (Å²) in [6.07, 6.45) is 5.83. The van der Waals surface area contributed by atoms with Crippen LogP contribution in [0.15, 0.2) is 65.4 Å². The van der Waals surface area contributed by atoms with Crippen LogP contribution in [-0.4, -0.2) is 21.0 Å². The minimum Gasteiger partial charge on any atom is -0.327 e. The monoisotopic (exact) mass is 483 g/mol. The molecule has 2 aromatic carbocycles. The highest BCUT2D eigenvalue weighted by atomic mass is 32.1. The Balaban J connectivity index is 1.64. The van der Waals surface area contributed by atoms with E-state index in [1.54, 1.807) is 11.3 Å². The summed E-state index contributed by atoms with van der Waals surface area (Å²) >= 11 is 1.76. The van der Waals surface area contributed by atoms with Gasteiger partial charge in [0.25, 0.3) is 0 Å². The highest BCUT2D eigenvalue weighted by Gasteiger charge is 2.28. The van der Waals surface area contributed by atoms with Crippen molar-refractivity contribution in [3.8, 4) is 22.6 Å². The Bertz CT molecular complexity index is 1220. The van der Waals surface area contributed by atoms with Crippen molar-refractivity contribution < 1.29 is 0 Å². The Morgan fingerprint density at radius 3 is 2.34 bits per heavy atom. The van der Waals surface area contributed by atoms with E-state index in [-0.39, 0.29) is 0 Å². The van der Waals surface area contributed by atoms with E-state index in [1.807, 2.05) is 0 Å². The molecule has 0 spiro atoms. The summed E-state index contributed by atoms with van der Waals surface area (Å²) in [6, 6.07) is 20.6. The maximum absolute atomic E-state index is 5.42. The summed E-state index contributed by atoms with van der Waals surface area (Å²) in [5, 5.41) is 4.43. The van der Waals surface area contributed by atoms with Gasteiger partial charge in [-0.2, -0.15) is 11.3 Å². The topological polar surface area (TPSA) is 21.1 Å². The molecule has 0 saturated carbocycles. The highest BCUT2D eigenvalue weighted by Crippen LogP contribution is 2.38. The van der Waals surface area contributed by atoms with Crippen LogP contribution in [0.5, 0.6) is 0 Å². The number of likely N-dealkylation sites (tertiary alicyclic amines) is 1. The van der Waals surface area contributed by atoms with Gasteiger partial charge in [0.15, 0.2) is 0 Å². The Morgan fingerprint density at radius 2 is 1.69 bits per heavy atom. The highest BCUT2D eigenvalue weighted by molar-refractivity contribution is 7.08. The van der Waals surface area contributed by atoms with Crippen LogP contribution in [0.25, 0.3) is 22.6 Å². The number of hydrogen-bond acceptors (Lipinski definition) is 3. The van der Waals surface area contributed by atoms with Gasteiger partial charge in [-0.05, 0) is 67.3 Å². The number of hydrogen-bond donors (Lipinski definition) is 0. The molecule has 1 unspecified atom stereocenters. The molecule has 5 rings (SSSR count). The van der Waals surface area contributed by atoms with E-state index in [0.29, 0.717) is 6.04 Å². The third kappa shape index (κ3) is 4.74. The summed E-state index contributed by atoms with van der Waals surface area (Å²) in [5.74, 6) is 1.14. The smallest absolute Gasteiger partial charge is 0.141 e. The number of piperidine rings is 1. The van der Waals surface area contributed by atoms with Crippen LogP contribution in [0.1, 0.15) is 68.5 Å². The van der Waals surface area contributed by atoms with E-state index in [4.69, 9.17) is 4.98 Å². The molecule has 4 heteroatoms. The summed E-state index contributed by atoms with van der Waals surface area (Å²) in [7, 11) is 0. The van der Waals surface area contributed by atoms with Crippen LogP contribution in [0.3, 0.4) is 0 Å². The van der Waals surface area contributed by atoms with Crippen molar-refractivity contribution in [2.75, 3.05) is 6.54 Å². The number of imidazole rings is 1. The van der Waals surface area contributed by atoms with Crippen LogP contribution >= 0.6 is 11.3 Å². The molecule has 3 nitrogen and oxygen atoms in total. The van der Waals surface area contributed by atoms with Crippen molar-refractivity contribution in [1.29, 1.82) is 0 Å². The molecule has 1 aliphatic heterocycles. The van der Waals surface area contributed by atoms with Gasteiger partial charge >= 0.3 is 0 Å². The number of rotatable bonds is 8.